The lowest BCUT2D eigenvalue weighted by Crippen LogP contribution is -2.43. The zero-order valence-electron chi connectivity index (χ0n) is 18.7. The summed E-state index contributed by atoms with van der Waals surface area (Å²) < 4.78 is 7.80. The predicted octanol–water partition coefficient (Wildman–Crippen LogP) is 2.73. The molecule has 0 saturated heterocycles. The van der Waals surface area contributed by atoms with E-state index in [0.717, 1.165) is 10.1 Å². The molecule has 0 radical (unpaired) electrons. The first-order valence-electron chi connectivity index (χ1n) is 10.6. The largest absolute Gasteiger partial charge is 0.478 e. The van der Waals surface area contributed by atoms with Crippen molar-refractivity contribution in [3.63, 3.8) is 0 Å². The van der Waals surface area contributed by atoms with E-state index in [9.17, 15) is 19.5 Å². The summed E-state index contributed by atoms with van der Waals surface area (Å²) >= 11 is 5.95. The maximum absolute atomic E-state index is 13.0. The molecule has 0 aliphatic carbocycles. The van der Waals surface area contributed by atoms with E-state index in [0.29, 0.717) is 16.5 Å². The molecule has 0 aliphatic heterocycles. The Kier molecular flexibility index (Phi) is 7.42. The third-order valence-corrected chi connectivity index (χ3v) is 5.29. The summed E-state index contributed by atoms with van der Waals surface area (Å²) in [6.07, 6.45) is 2.60. The molecular weight excluding hydrogens is 490 g/mol. The third kappa shape index (κ3) is 5.77. The van der Waals surface area contributed by atoms with Gasteiger partial charge in [-0.15, -0.1) is 0 Å². The number of pyridine rings is 1. The number of hydrogen-bond acceptors (Lipinski definition) is 8. The fourth-order valence-electron chi connectivity index (χ4n) is 3.29. The highest BCUT2D eigenvalue weighted by Crippen LogP contribution is 2.24. The molecule has 4 rings (SSSR count). The topological polar surface area (TPSA) is 149 Å². The number of carboxylic acid groups (broad SMARTS) is 1. The van der Waals surface area contributed by atoms with E-state index in [2.05, 4.69) is 15.3 Å². The number of benzene rings is 2. The Morgan fingerprint density at radius 2 is 1.72 bits per heavy atom. The molecular formula is C24H20ClN5O6. The molecule has 0 aliphatic rings. The zero-order valence-corrected chi connectivity index (χ0v) is 19.4. The summed E-state index contributed by atoms with van der Waals surface area (Å²) in [5, 5.41) is 21.9. The van der Waals surface area contributed by atoms with E-state index in [4.69, 9.17) is 21.4 Å². The molecule has 184 valence electrons. The Morgan fingerprint density at radius 3 is 2.39 bits per heavy atom. The molecule has 0 bridgehead atoms. The Balaban J connectivity index is 1.61. The van der Waals surface area contributed by atoms with Gasteiger partial charge in [-0.1, -0.05) is 23.7 Å². The van der Waals surface area contributed by atoms with Crippen molar-refractivity contribution in [2.45, 2.75) is 13.1 Å². The monoisotopic (exact) mass is 509 g/mol. The number of anilines is 2. The first kappa shape index (κ1) is 24.6. The standard InChI is InChI=1S/C24H20ClN5O6/c25-17-3-1-15(2-4-17)14-30-22(28-23(34)29(9-10-31)24(30)35)27-18-5-7-19(8-6-18)36-20-11-16(21(32)33)12-26-13-20/h1-8,11-13,31H,9-10,14H2,(H,32,33)(H,27,28,34). The lowest BCUT2D eigenvalue weighted by atomic mass is 10.2. The summed E-state index contributed by atoms with van der Waals surface area (Å²) in [5.41, 5.74) is -0.175. The van der Waals surface area contributed by atoms with Crippen LogP contribution in [0.3, 0.4) is 0 Å². The number of aliphatic hydroxyl groups excluding tert-OH is 1. The van der Waals surface area contributed by atoms with Gasteiger partial charge in [0.25, 0.3) is 0 Å². The highest BCUT2D eigenvalue weighted by molar-refractivity contribution is 6.30. The first-order chi connectivity index (χ1) is 17.3. The van der Waals surface area contributed by atoms with E-state index >= 15 is 0 Å². The van der Waals surface area contributed by atoms with Crippen molar-refractivity contribution in [3.8, 4) is 11.5 Å². The summed E-state index contributed by atoms with van der Waals surface area (Å²) in [7, 11) is 0. The van der Waals surface area contributed by atoms with Crippen molar-refractivity contribution in [3.05, 3.63) is 104 Å². The van der Waals surface area contributed by atoms with Crippen molar-refractivity contribution < 1.29 is 19.7 Å². The maximum atomic E-state index is 13.0. The number of ether oxygens (including phenoxy) is 1. The average Bonchev–Trinajstić information content (AvgIpc) is 2.86. The van der Waals surface area contributed by atoms with Crippen LogP contribution in [0.4, 0.5) is 11.6 Å². The number of aromatic carboxylic acids is 1. The van der Waals surface area contributed by atoms with Crippen molar-refractivity contribution in [2.24, 2.45) is 0 Å². The lowest BCUT2D eigenvalue weighted by molar-refractivity contribution is 0.0696. The molecule has 2 aromatic heterocycles. The average molecular weight is 510 g/mol. The molecule has 3 N–H and O–H groups in total. The SMILES string of the molecule is O=C(O)c1cncc(Oc2ccc(Nc3nc(=O)n(CCO)c(=O)n3Cc3ccc(Cl)cc3)cc2)c1. The van der Waals surface area contributed by atoms with Gasteiger partial charge >= 0.3 is 17.3 Å². The minimum Gasteiger partial charge on any atom is -0.478 e. The van der Waals surface area contributed by atoms with Gasteiger partial charge in [0, 0.05) is 16.9 Å². The quantitative estimate of drug-likeness (QED) is 0.309. The van der Waals surface area contributed by atoms with E-state index < -0.39 is 24.0 Å². The maximum Gasteiger partial charge on any atom is 0.355 e. The van der Waals surface area contributed by atoms with Crippen LogP contribution < -0.4 is 21.4 Å². The van der Waals surface area contributed by atoms with Crippen LogP contribution >= 0.6 is 11.6 Å². The van der Waals surface area contributed by atoms with Gasteiger partial charge in [0.1, 0.15) is 11.5 Å². The van der Waals surface area contributed by atoms with Crippen molar-refractivity contribution in [2.75, 3.05) is 11.9 Å². The van der Waals surface area contributed by atoms with Crippen LogP contribution in [0.15, 0.2) is 76.6 Å². The smallest absolute Gasteiger partial charge is 0.355 e. The summed E-state index contributed by atoms with van der Waals surface area (Å²) in [4.78, 5) is 44.4. The van der Waals surface area contributed by atoms with Crippen LogP contribution in [0, 0.1) is 0 Å². The van der Waals surface area contributed by atoms with E-state index in [1.807, 2.05) is 0 Å². The Labute approximate surface area is 208 Å². The van der Waals surface area contributed by atoms with E-state index in [1.165, 1.54) is 23.0 Å². The molecule has 0 atom stereocenters. The molecule has 36 heavy (non-hydrogen) atoms. The van der Waals surface area contributed by atoms with Gasteiger partial charge in [-0.3, -0.25) is 9.55 Å². The van der Waals surface area contributed by atoms with Crippen LogP contribution in [-0.2, 0) is 13.1 Å². The van der Waals surface area contributed by atoms with Crippen molar-refractivity contribution in [1.82, 2.24) is 19.1 Å². The van der Waals surface area contributed by atoms with Gasteiger partial charge < -0.3 is 20.3 Å². The normalized spacial score (nSPS) is 10.7. The minimum absolute atomic E-state index is 0.00791. The number of aromatic nitrogens is 4. The molecule has 2 aromatic carbocycles. The van der Waals surface area contributed by atoms with Gasteiger partial charge in [0.15, 0.2) is 0 Å². The zero-order chi connectivity index (χ0) is 25.7. The number of carboxylic acids is 1. The number of nitrogens with zero attached hydrogens (tertiary/aromatic N) is 4. The fourth-order valence-corrected chi connectivity index (χ4v) is 3.42. The number of aliphatic hydroxyl groups is 1. The number of nitrogens with one attached hydrogen (secondary N) is 1. The van der Waals surface area contributed by atoms with Gasteiger partial charge in [-0.05, 0) is 48.0 Å². The molecule has 4 aromatic rings. The Bertz CT molecular complexity index is 1500. The number of carbonyl (C=O) groups is 1. The summed E-state index contributed by atoms with van der Waals surface area (Å²) in [6, 6.07) is 14.7. The fraction of sp³-hybridized carbons (Fsp3) is 0.125. The second-order valence-electron chi connectivity index (χ2n) is 7.55. The third-order valence-electron chi connectivity index (χ3n) is 5.03. The number of rotatable bonds is 9. The predicted molar refractivity (Wildman–Crippen MR) is 131 cm³/mol. The summed E-state index contributed by atoms with van der Waals surface area (Å²) in [5.74, 6) is -0.442. The highest BCUT2D eigenvalue weighted by atomic mass is 35.5. The second-order valence-corrected chi connectivity index (χ2v) is 7.99. The molecule has 12 heteroatoms. The van der Waals surface area contributed by atoms with Crippen LogP contribution in [0.25, 0.3) is 0 Å². The van der Waals surface area contributed by atoms with Gasteiger partial charge in [0.2, 0.25) is 5.95 Å². The minimum atomic E-state index is -1.12. The molecule has 0 fully saturated rings. The molecule has 0 spiro atoms. The van der Waals surface area contributed by atoms with Crippen LogP contribution in [-0.4, -0.2) is 41.9 Å². The van der Waals surface area contributed by atoms with Crippen molar-refractivity contribution >= 4 is 29.2 Å². The van der Waals surface area contributed by atoms with Crippen LogP contribution in [0.1, 0.15) is 15.9 Å². The Morgan fingerprint density at radius 1 is 1.00 bits per heavy atom. The number of halogens is 1. The lowest BCUT2D eigenvalue weighted by Gasteiger charge is -2.15. The summed E-state index contributed by atoms with van der Waals surface area (Å²) in [6.45, 7) is -0.475. The molecule has 0 amide bonds. The van der Waals surface area contributed by atoms with Gasteiger partial charge in [0.05, 0.1) is 31.5 Å². The van der Waals surface area contributed by atoms with E-state index in [-0.39, 0.29) is 30.4 Å². The first-order valence-corrected chi connectivity index (χ1v) is 11.0. The highest BCUT2D eigenvalue weighted by Gasteiger charge is 2.14. The number of hydrogen-bond donors (Lipinski definition) is 3. The van der Waals surface area contributed by atoms with Crippen LogP contribution in [0.5, 0.6) is 11.5 Å². The molecule has 2 heterocycles. The van der Waals surface area contributed by atoms with Crippen molar-refractivity contribution in [1.29, 1.82) is 0 Å². The van der Waals surface area contributed by atoms with Gasteiger partial charge in [-0.25, -0.2) is 19.0 Å². The second kappa shape index (κ2) is 10.8. The van der Waals surface area contributed by atoms with Crippen LogP contribution in [0.2, 0.25) is 5.02 Å². The molecule has 0 unspecified atom stereocenters. The molecule has 0 saturated carbocycles. The van der Waals surface area contributed by atoms with E-state index in [1.54, 1.807) is 48.5 Å². The van der Waals surface area contributed by atoms with Gasteiger partial charge in [-0.2, -0.15) is 4.98 Å². The molecule has 11 nitrogen and oxygen atoms in total. The Hall–Kier alpha value is -4.48.